The van der Waals surface area contributed by atoms with Crippen molar-refractivity contribution >= 4 is 33.3 Å². The second kappa shape index (κ2) is 11.3. The molecule has 1 aliphatic heterocycles. The van der Waals surface area contributed by atoms with Crippen LogP contribution in [0, 0.1) is 5.92 Å². The number of benzene rings is 2. The summed E-state index contributed by atoms with van der Waals surface area (Å²) in [7, 11) is -3.55. The van der Waals surface area contributed by atoms with Gasteiger partial charge in [0.05, 0.1) is 4.90 Å². The SMILES string of the molecule is CC(C)C(NC(=O)Nc1ccccc1)C(=O)Nc1ccc(S(=O)(=O)N2CCCCCC2)cc1. The van der Waals surface area contributed by atoms with E-state index in [0.29, 0.717) is 24.5 Å². The van der Waals surface area contributed by atoms with E-state index in [2.05, 4.69) is 16.0 Å². The summed E-state index contributed by atoms with van der Waals surface area (Å²) in [6.45, 7) is 4.75. The molecule has 0 bridgehead atoms. The van der Waals surface area contributed by atoms with Crippen LogP contribution in [0.5, 0.6) is 0 Å². The van der Waals surface area contributed by atoms with Gasteiger partial charge in [-0.25, -0.2) is 13.2 Å². The minimum absolute atomic E-state index is 0.158. The largest absolute Gasteiger partial charge is 0.326 e. The minimum atomic E-state index is -3.55. The van der Waals surface area contributed by atoms with Crippen molar-refractivity contribution in [3.8, 4) is 0 Å². The summed E-state index contributed by atoms with van der Waals surface area (Å²) in [6.07, 6.45) is 3.83. The third kappa shape index (κ3) is 6.79. The van der Waals surface area contributed by atoms with Crippen molar-refractivity contribution in [2.45, 2.75) is 50.5 Å². The van der Waals surface area contributed by atoms with Crippen molar-refractivity contribution in [3.63, 3.8) is 0 Å². The first-order valence-corrected chi connectivity index (χ1v) is 12.7. The Bertz CT molecular complexity index is 1030. The highest BCUT2D eigenvalue weighted by atomic mass is 32.2. The molecule has 0 radical (unpaired) electrons. The van der Waals surface area contributed by atoms with Crippen LogP contribution in [0.1, 0.15) is 39.5 Å². The smallest absolute Gasteiger partial charge is 0.319 e. The van der Waals surface area contributed by atoms with E-state index < -0.39 is 22.1 Å². The van der Waals surface area contributed by atoms with Crippen LogP contribution in [0.3, 0.4) is 0 Å². The Morgan fingerprint density at radius 1 is 0.818 bits per heavy atom. The predicted molar refractivity (Wildman–Crippen MR) is 130 cm³/mol. The van der Waals surface area contributed by atoms with Gasteiger partial charge >= 0.3 is 6.03 Å². The number of amides is 3. The molecule has 1 unspecified atom stereocenters. The number of nitrogens with zero attached hydrogens (tertiary/aromatic N) is 1. The fourth-order valence-corrected chi connectivity index (χ4v) is 5.24. The lowest BCUT2D eigenvalue weighted by atomic mass is 10.0. The molecule has 3 rings (SSSR count). The zero-order chi connectivity index (χ0) is 23.8. The molecule has 0 aromatic heterocycles. The topological polar surface area (TPSA) is 108 Å². The van der Waals surface area contributed by atoms with Crippen LogP contribution in [0.15, 0.2) is 59.5 Å². The van der Waals surface area contributed by atoms with Gasteiger partial charge in [-0.1, -0.05) is 44.9 Å². The number of nitrogens with one attached hydrogen (secondary N) is 3. The molecule has 1 heterocycles. The average Bonchev–Trinajstić information content (AvgIpc) is 3.08. The van der Waals surface area contributed by atoms with Crippen LogP contribution in [0.2, 0.25) is 0 Å². The molecule has 0 aliphatic carbocycles. The Morgan fingerprint density at radius 2 is 1.39 bits per heavy atom. The Kier molecular flexibility index (Phi) is 8.46. The average molecular weight is 473 g/mol. The molecule has 8 nitrogen and oxygen atoms in total. The number of rotatable bonds is 7. The number of urea groups is 1. The molecule has 178 valence electrons. The first-order valence-electron chi connectivity index (χ1n) is 11.3. The highest BCUT2D eigenvalue weighted by Gasteiger charge is 2.26. The summed E-state index contributed by atoms with van der Waals surface area (Å²) in [4.78, 5) is 25.4. The number of hydrogen-bond donors (Lipinski definition) is 3. The highest BCUT2D eigenvalue weighted by molar-refractivity contribution is 7.89. The van der Waals surface area contributed by atoms with Crippen molar-refractivity contribution < 1.29 is 18.0 Å². The quantitative estimate of drug-likeness (QED) is 0.565. The fourth-order valence-electron chi connectivity index (χ4n) is 3.73. The molecule has 0 spiro atoms. The lowest BCUT2D eigenvalue weighted by molar-refractivity contribution is -0.118. The van der Waals surface area contributed by atoms with E-state index >= 15 is 0 Å². The third-order valence-corrected chi connectivity index (χ3v) is 7.50. The second-order valence-electron chi connectivity index (χ2n) is 8.52. The standard InChI is InChI=1S/C24H32N4O4S/c1-18(2)22(27-24(30)26-19-10-6-5-7-11-19)23(29)25-20-12-14-21(15-13-20)33(31,32)28-16-8-3-4-9-17-28/h5-7,10-15,18,22H,3-4,8-9,16-17H2,1-2H3,(H,25,29)(H2,26,27,30). The zero-order valence-electron chi connectivity index (χ0n) is 19.1. The first kappa shape index (κ1) is 24.7. The summed E-state index contributed by atoms with van der Waals surface area (Å²) < 4.78 is 27.4. The van der Waals surface area contributed by atoms with E-state index in [1.165, 1.54) is 16.4 Å². The molecule has 1 saturated heterocycles. The van der Waals surface area contributed by atoms with Gasteiger partial charge in [0.15, 0.2) is 0 Å². The van der Waals surface area contributed by atoms with Crippen LogP contribution in [-0.2, 0) is 14.8 Å². The van der Waals surface area contributed by atoms with E-state index in [4.69, 9.17) is 0 Å². The molecule has 1 atom stereocenters. The van der Waals surface area contributed by atoms with Gasteiger partial charge in [0.1, 0.15) is 6.04 Å². The number of hydrogen-bond acceptors (Lipinski definition) is 4. The molecule has 3 amide bonds. The molecular weight excluding hydrogens is 440 g/mol. The number of carbonyl (C=O) groups excluding carboxylic acids is 2. The van der Waals surface area contributed by atoms with Gasteiger partial charge in [-0.15, -0.1) is 0 Å². The Hall–Kier alpha value is -2.91. The van der Waals surface area contributed by atoms with E-state index in [9.17, 15) is 18.0 Å². The normalized spacial score (nSPS) is 16.0. The van der Waals surface area contributed by atoms with Gasteiger partial charge in [-0.2, -0.15) is 4.31 Å². The monoisotopic (exact) mass is 472 g/mol. The van der Waals surface area contributed by atoms with Crippen LogP contribution < -0.4 is 16.0 Å². The summed E-state index contributed by atoms with van der Waals surface area (Å²) in [5, 5.41) is 8.18. The van der Waals surface area contributed by atoms with Gasteiger partial charge in [-0.3, -0.25) is 4.79 Å². The van der Waals surface area contributed by atoms with Crippen LogP contribution in [0.4, 0.5) is 16.2 Å². The highest BCUT2D eigenvalue weighted by Crippen LogP contribution is 2.22. The lowest BCUT2D eigenvalue weighted by Gasteiger charge is -2.22. The molecule has 9 heteroatoms. The van der Waals surface area contributed by atoms with Crippen LogP contribution >= 0.6 is 0 Å². The van der Waals surface area contributed by atoms with Gasteiger partial charge in [0, 0.05) is 24.5 Å². The van der Waals surface area contributed by atoms with Crippen molar-refractivity contribution in [1.29, 1.82) is 0 Å². The first-order chi connectivity index (χ1) is 15.8. The maximum absolute atomic E-state index is 12.9. The van der Waals surface area contributed by atoms with Gasteiger partial charge in [0.2, 0.25) is 15.9 Å². The number of carbonyl (C=O) groups is 2. The Morgan fingerprint density at radius 3 is 1.97 bits per heavy atom. The lowest BCUT2D eigenvalue weighted by Crippen LogP contribution is -2.48. The second-order valence-corrected chi connectivity index (χ2v) is 10.5. The van der Waals surface area contributed by atoms with E-state index in [1.54, 1.807) is 36.4 Å². The molecule has 2 aromatic rings. The molecule has 33 heavy (non-hydrogen) atoms. The van der Waals surface area contributed by atoms with Crippen molar-refractivity contribution in [2.24, 2.45) is 5.92 Å². The number of sulfonamides is 1. The maximum atomic E-state index is 12.9. The minimum Gasteiger partial charge on any atom is -0.326 e. The summed E-state index contributed by atoms with van der Waals surface area (Å²) in [6, 6.07) is 13.9. The Balaban J connectivity index is 1.63. The van der Waals surface area contributed by atoms with Crippen LogP contribution in [0.25, 0.3) is 0 Å². The predicted octanol–water partition coefficient (Wildman–Crippen LogP) is 4.04. The van der Waals surface area contributed by atoms with Gasteiger partial charge in [0.25, 0.3) is 0 Å². The molecule has 2 aromatic carbocycles. The number of para-hydroxylation sites is 1. The van der Waals surface area contributed by atoms with Gasteiger partial charge in [-0.05, 0) is 55.2 Å². The molecular formula is C24H32N4O4S. The molecule has 1 aliphatic rings. The third-order valence-electron chi connectivity index (χ3n) is 5.59. The van der Waals surface area contributed by atoms with Crippen molar-refractivity contribution in [2.75, 3.05) is 23.7 Å². The van der Waals surface area contributed by atoms with Crippen molar-refractivity contribution in [1.82, 2.24) is 9.62 Å². The summed E-state index contributed by atoms with van der Waals surface area (Å²) in [5.74, 6) is -0.537. The van der Waals surface area contributed by atoms with E-state index in [1.807, 2.05) is 19.9 Å². The maximum Gasteiger partial charge on any atom is 0.319 e. The number of anilines is 2. The fraction of sp³-hybridized carbons (Fsp3) is 0.417. The molecule has 0 saturated carbocycles. The Labute approximate surface area is 195 Å². The molecule has 1 fully saturated rings. The summed E-state index contributed by atoms with van der Waals surface area (Å²) in [5.41, 5.74) is 1.09. The van der Waals surface area contributed by atoms with Crippen molar-refractivity contribution in [3.05, 3.63) is 54.6 Å². The van der Waals surface area contributed by atoms with E-state index in [0.717, 1.165) is 25.7 Å². The van der Waals surface area contributed by atoms with E-state index in [-0.39, 0.29) is 16.7 Å². The molecule has 3 N–H and O–H groups in total. The summed E-state index contributed by atoms with van der Waals surface area (Å²) >= 11 is 0. The van der Waals surface area contributed by atoms with Gasteiger partial charge < -0.3 is 16.0 Å². The van der Waals surface area contributed by atoms with Crippen LogP contribution in [-0.4, -0.2) is 43.8 Å². The zero-order valence-corrected chi connectivity index (χ0v) is 19.9.